The van der Waals surface area contributed by atoms with Crippen LogP contribution in [0, 0.1) is 0 Å². The van der Waals surface area contributed by atoms with Gasteiger partial charge in [-0.05, 0) is 26.7 Å². The van der Waals surface area contributed by atoms with E-state index in [1.807, 2.05) is 0 Å². The molecule has 2 nitrogen and oxygen atoms in total. The third-order valence-electron chi connectivity index (χ3n) is 3.57. The Kier molecular flexibility index (Phi) is 6.46. The van der Waals surface area contributed by atoms with Crippen LogP contribution in [-0.4, -0.2) is 28.6 Å². The predicted molar refractivity (Wildman–Crippen MR) is 75.7 cm³/mol. The highest BCUT2D eigenvalue weighted by atomic mass is 15.4. The summed E-state index contributed by atoms with van der Waals surface area (Å²) in [5.41, 5.74) is 0. The molecular weight excluding hydrogens is 208 g/mol. The summed E-state index contributed by atoms with van der Waals surface area (Å²) >= 11 is 0. The minimum Gasteiger partial charge on any atom is -0.356 e. The van der Waals surface area contributed by atoms with Crippen LogP contribution in [0.25, 0.3) is 0 Å². The van der Waals surface area contributed by atoms with Crippen molar-refractivity contribution in [2.24, 2.45) is 0 Å². The quantitative estimate of drug-likeness (QED) is 0.585. The number of nitrogens with zero attached hydrogens (tertiary/aromatic N) is 2. The zero-order valence-electron chi connectivity index (χ0n) is 12.2. The molecule has 1 unspecified atom stereocenters. The van der Waals surface area contributed by atoms with Crippen molar-refractivity contribution >= 4 is 0 Å². The van der Waals surface area contributed by atoms with Gasteiger partial charge in [0.25, 0.3) is 0 Å². The Labute approximate surface area is 108 Å². The maximum atomic E-state index is 2.54. The van der Waals surface area contributed by atoms with Crippen molar-refractivity contribution in [2.75, 3.05) is 6.54 Å². The molecule has 0 bridgehead atoms. The third-order valence-corrected chi connectivity index (χ3v) is 3.57. The van der Waals surface area contributed by atoms with Crippen LogP contribution in [0.1, 0.15) is 66.2 Å². The molecule has 0 spiro atoms. The zero-order chi connectivity index (χ0) is 12.7. The largest absolute Gasteiger partial charge is 0.356 e. The molecule has 0 fully saturated rings. The molecule has 2 heteroatoms. The van der Waals surface area contributed by atoms with Gasteiger partial charge in [-0.3, -0.25) is 0 Å². The second-order valence-electron chi connectivity index (χ2n) is 5.41. The Balaban J connectivity index is 2.40. The third kappa shape index (κ3) is 4.25. The summed E-state index contributed by atoms with van der Waals surface area (Å²) in [4.78, 5) is 5.04. The minimum absolute atomic E-state index is 0.613. The maximum absolute atomic E-state index is 2.54. The summed E-state index contributed by atoms with van der Waals surface area (Å²) in [6.07, 6.45) is 13.2. The van der Waals surface area contributed by atoms with E-state index in [-0.39, 0.29) is 0 Å². The van der Waals surface area contributed by atoms with E-state index < -0.39 is 0 Å². The molecule has 17 heavy (non-hydrogen) atoms. The summed E-state index contributed by atoms with van der Waals surface area (Å²) in [5.74, 6) is 0. The molecule has 0 N–H and O–H groups in total. The van der Waals surface area contributed by atoms with E-state index in [1.54, 1.807) is 0 Å². The maximum Gasteiger partial charge on any atom is 0.101 e. The molecule has 0 saturated carbocycles. The molecular formula is C15H30N2. The van der Waals surface area contributed by atoms with Crippen molar-refractivity contribution in [1.29, 1.82) is 0 Å². The Hall–Kier alpha value is -0.660. The van der Waals surface area contributed by atoms with Gasteiger partial charge in [0.05, 0.1) is 0 Å². The summed E-state index contributed by atoms with van der Waals surface area (Å²) in [7, 11) is 0. The smallest absolute Gasteiger partial charge is 0.101 e. The fourth-order valence-corrected chi connectivity index (χ4v) is 2.57. The van der Waals surface area contributed by atoms with Gasteiger partial charge < -0.3 is 9.80 Å². The molecule has 0 aliphatic carbocycles. The Morgan fingerprint density at radius 2 is 1.76 bits per heavy atom. The molecule has 100 valence electrons. The first-order valence-electron chi connectivity index (χ1n) is 7.42. The minimum atomic E-state index is 0.613. The van der Waals surface area contributed by atoms with Crippen LogP contribution in [0.5, 0.6) is 0 Å². The normalized spacial score (nSPS) is 19.7. The summed E-state index contributed by atoms with van der Waals surface area (Å²) in [6.45, 7) is 10.4. The van der Waals surface area contributed by atoms with Crippen molar-refractivity contribution in [3.05, 3.63) is 12.4 Å². The van der Waals surface area contributed by atoms with Gasteiger partial charge in [0.2, 0.25) is 0 Å². The second kappa shape index (κ2) is 7.62. The fraction of sp³-hybridized carbons (Fsp3) is 0.867. The van der Waals surface area contributed by atoms with Gasteiger partial charge in [0, 0.05) is 25.0 Å². The lowest BCUT2D eigenvalue weighted by molar-refractivity contribution is 0.116. The molecule has 1 rings (SSSR count). The van der Waals surface area contributed by atoms with Gasteiger partial charge in [-0.15, -0.1) is 0 Å². The van der Waals surface area contributed by atoms with Gasteiger partial charge >= 0.3 is 0 Å². The van der Waals surface area contributed by atoms with E-state index in [4.69, 9.17) is 0 Å². The highest BCUT2D eigenvalue weighted by Gasteiger charge is 2.26. The van der Waals surface area contributed by atoms with Crippen LogP contribution in [0.15, 0.2) is 12.4 Å². The highest BCUT2D eigenvalue weighted by molar-refractivity contribution is 4.98. The Morgan fingerprint density at radius 3 is 2.35 bits per heavy atom. The van der Waals surface area contributed by atoms with E-state index in [2.05, 4.69) is 49.9 Å². The second-order valence-corrected chi connectivity index (χ2v) is 5.41. The Morgan fingerprint density at radius 1 is 1.00 bits per heavy atom. The van der Waals surface area contributed by atoms with Gasteiger partial charge in [-0.25, -0.2) is 0 Å². The van der Waals surface area contributed by atoms with Gasteiger partial charge in [0.15, 0.2) is 0 Å². The zero-order valence-corrected chi connectivity index (χ0v) is 12.2. The standard InChI is InChI=1S/C15H30N2/c1-5-7-8-9-11-16-12-13-17(14(3)4)15(16)10-6-2/h12-15H,5-11H2,1-4H3. The number of hydrogen-bond acceptors (Lipinski definition) is 2. The molecule has 0 saturated heterocycles. The molecule has 1 heterocycles. The SMILES string of the molecule is CCCCCCN1C=CN(C(C)C)C1CCC. The van der Waals surface area contributed by atoms with Crippen molar-refractivity contribution in [2.45, 2.75) is 78.4 Å². The number of unbranched alkanes of at least 4 members (excludes halogenated alkanes) is 3. The molecule has 0 radical (unpaired) electrons. The molecule has 1 atom stereocenters. The van der Waals surface area contributed by atoms with Crippen LogP contribution < -0.4 is 0 Å². The van der Waals surface area contributed by atoms with Crippen LogP contribution >= 0.6 is 0 Å². The first-order valence-corrected chi connectivity index (χ1v) is 7.42. The first-order chi connectivity index (χ1) is 8.20. The van der Waals surface area contributed by atoms with Crippen molar-refractivity contribution < 1.29 is 0 Å². The van der Waals surface area contributed by atoms with E-state index in [9.17, 15) is 0 Å². The molecule has 0 aromatic heterocycles. The molecule has 1 aliphatic heterocycles. The average Bonchev–Trinajstić information content (AvgIpc) is 2.69. The lowest BCUT2D eigenvalue weighted by atomic mass is 10.1. The topological polar surface area (TPSA) is 6.48 Å². The molecule has 0 aromatic carbocycles. The van der Waals surface area contributed by atoms with Crippen molar-refractivity contribution in [3.8, 4) is 0 Å². The van der Waals surface area contributed by atoms with Crippen LogP contribution in [0.4, 0.5) is 0 Å². The van der Waals surface area contributed by atoms with E-state index in [0.717, 1.165) is 0 Å². The number of hydrogen-bond donors (Lipinski definition) is 0. The van der Waals surface area contributed by atoms with Crippen molar-refractivity contribution in [1.82, 2.24) is 9.80 Å². The highest BCUT2D eigenvalue weighted by Crippen LogP contribution is 2.23. The lowest BCUT2D eigenvalue weighted by Crippen LogP contribution is -2.42. The average molecular weight is 238 g/mol. The summed E-state index contributed by atoms with van der Waals surface area (Å²) in [5, 5.41) is 0. The fourth-order valence-electron chi connectivity index (χ4n) is 2.57. The van der Waals surface area contributed by atoms with Crippen molar-refractivity contribution in [3.63, 3.8) is 0 Å². The van der Waals surface area contributed by atoms with E-state index in [1.165, 1.54) is 45.1 Å². The number of rotatable bonds is 8. The summed E-state index contributed by atoms with van der Waals surface area (Å²) in [6, 6.07) is 0.614. The van der Waals surface area contributed by atoms with Gasteiger partial charge in [-0.2, -0.15) is 0 Å². The Bertz CT molecular complexity index is 223. The van der Waals surface area contributed by atoms with E-state index in [0.29, 0.717) is 12.2 Å². The molecule has 0 amide bonds. The summed E-state index contributed by atoms with van der Waals surface area (Å²) < 4.78 is 0. The van der Waals surface area contributed by atoms with E-state index >= 15 is 0 Å². The monoisotopic (exact) mass is 238 g/mol. The van der Waals surface area contributed by atoms with Crippen LogP contribution in [0.3, 0.4) is 0 Å². The van der Waals surface area contributed by atoms with Gasteiger partial charge in [0.1, 0.15) is 6.17 Å². The predicted octanol–water partition coefficient (Wildman–Crippen LogP) is 4.19. The molecule has 0 aromatic rings. The van der Waals surface area contributed by atoms with Crippen LogP contribution in [0.2, 0.25) is 0 Å². The van der Waals surface area contributed by atoms with Gasteiger partial charge in [-0.1, -0.05) is 39.5 Å². The van der Waals surface area contributed by atoms with Crippen LogP contribution in [-0.2, 0) is 0 Å². The molecule has 1 aliphatic rings. The first kappa shape index (κ1) is 14.4. The lowest BCUT2D eigenvalue weighted by Gasteiger charge is -2.35.